The van der Waals surface area contributed by atoms with Crippen molar-refractivity contribution >= 4 is 54.7 Å². The maximum atomic E-state index is 13.2. The number of carbonyl (C=O) groups is 8. The number of phosphoric acid groups is 1. The van der Waals surface area contributed by atoms with Crippen molar-refractivity contribution in [1.29, 1.82) is 0 Å². The molecule has 0 aliphatic carbocycles. The number of phosphoric ester groups is 1. The molecule has 554 valence electrons. The SMILES string of the molecule is COP(=O)(O)OCCCCNC(=O)CC(=O)NCCOC1OC(OCCC(=O)NCCC(=O)CCOC2OC(O)C(O)[C@H](O)[C@@H]2C)C(OCCC(=O)NCCC(=O)NCOC2OC(O)C(O)[C@H](O)[C@@H]2C)[C@H](OCCC(=O)CCCC(=O)CCOC2OC(O)C(O)[C@H](O)[C@@H]2C)[C@@H]1C. The molecule has 0 radical (unpaired) electrons. The largest absolute Gasteiger partial charge is 0.471 e. The van der Waals surface area contributed by atoms with Crippen LogP contribution < -0.4 is 26.6 Å². The Bertz CT molecular complexity index is 2440. The standard InChI is InChI=1S/C58H100N5O32P/c1-31-43(72)46(75)51(78)92-54(31)86-24-14-36(65)10-8-9-35(64)13-23-84-49-34(4)57(89-28-21-62-42(71)29-41(70)59-18-6-7-22-91-96(81,82)83-5)95-58(88-27-17-40(69)60-19-11-37(66)15-25-87-55-32(2)44(73)47(76)52(79)93-55)50(49)85-26-16-39(68)61-20-12-38(67)63-30-90-56-33(3)45(74)48(77)53(80)94-56/h31-34,43-58,72-80H,6-30H2,1-5H3,(H,59,70)(H,60,69)(H,61,68)(H,62,71)(H,63,67)(H,81,82)/t31-,32-,33-,34-,43+,44+,45+,46?,47?,48?,49+,50?,51?,52?,53?,54?,55?,56?,57?,58?/m0/s1. The van der Waals surface area contributed by atoms with Crippen molar-refractivity contribution in [3.63, 3.8) is 0 Å². The summed E-state index contributed by atoms with van der Waals surface area (Å²) in [4.78, 5) is 112. The highest BCUT2D eigenvalue weighted by atomic mass is 31.2. The molecule has 4 saturated heterocycles. The van der Waals surface area contributed by atoms with E-state index in [2.05, 4.69) is 31.1 Å². The number of carbonyl (C=O) groups excluding carboxylic acids is 8. The Morgan fingerprint density at radius 1 is 0.365 bits per heavy atom. The number of amides is 5. The smallest absolute Gasteiger partial charge is 0.390 e. The van der Waals surface area contributed by atoms with Crippen LogP contribution in [-0.2, 0) is 104 Å². The summed E-state index contributed by atoms with van der Waals surface area (Å²) in [6, 6.07) is 0. The lowest BCUT2D eigenvalue weighted by atomic mass is 9.95. The predicted molar refractivity (Wildman–Crippen MR) is 321 cm³/mol. The highest BCUT2D eigenvalue weighted by Crippen LogP contribution is 2.42. The Morgan fingerprint density at radius 3 is 1.28 bits per heavy atom. The van der Waals surface area contributed by atoms with Crippen molar-refractivity contribution in [3.8, 4) is 0 Å². The summed E-state index contributed by atoms with van der Waals surface area (Å²) >= 11 is 0. The first-order chi connectivity index (χ1) is 45.5. The van der Waals surface area contributed by atoms with Crippen molar-refractivity contribution < 1.29 is 155 Å². The van der Waals surface area contributed by atoms with Crippen LogP contribution in [-0.4, -0.2) is 283 Å². The molecule has 4 heterocycles. The number of aliphatic hydroxyl groups excluding tert-OH is 9. The summed E-state index contributed by atoms with van der Waals surface area (Å²) in [7, 11) is -3.13. The molecule has 38 heteroatoms. The van der Waals surface area contributed by atoms with Gasteiger partial charge in [0.05, 0.1) is 77.1 Å². The van der Waals surface area contributed by atoms with Gasteiger partial charge in [0, 0.05) is 108 Å². The lowest BCUT2D eigenvalue weighted by Gasteiger charge is -2.44. The van der Waals surface area contributed by atoms with Crippen LogP contribution in [0.3, 0.4) is 0 Å². The van der Waals surface area contributed by atoms with E-state index in [1.807, 2.05) is 0 Å². The Kier molecular flexibility index (Phi) is 38.6. The van der Waals surface area contributed by atoms with Gasteiger partial charge >= 0.3 is 7.82 Å². The van der Waals surface area contributed by atoms with Gasteiger partial charge < -0.3 is 130 Å². The molecule has 0 saturated carbocycles. The third-order valence-electron chi connectivity index (χ3n) is 16.0. The normalized spacial score (nSPS) is 31.3. The van der Waals surface area contributed by atoms with E-state index in [0.717, 1.165) is 7.11 Å². The number of ketones is 3. The summed E-state index contributed by atoms with van der Waals surface area (Å²) in [5.41, 5.74) is 0. The Hall–Kier alpha value is -4.33. The van der Waals surface area contributed by atoms with Crippen molar-refractivity contribution in [1.82, 2.24) is 26.6 Å². The van der Waals surface area contributed by atoms with Crippen LogP contribution in [0, 0.1) is 23.7 Å². The molecule has 4 rings (SSSR count). The molecule has 4 aliphatic heterocycles. The third kappa shape index (κ3) is 29.9. The van der Waals surface area contributed by atoms with Crippen LogP contribution in [0.2, 0.25) is 0 Å². The summed E-state index contributed by atoms with van der Waals surface area (Å²) in [5, 5.41) is 102. The number of ether oxygens (including phenoxy) is 11. The van der Waals surface area contributed by atoms with Crippen LogP contribution in [0.15, 0.2) is 0 Å². The minimum atomic E-state index is -4.15. The number of nitrogens with one attached hydrogen (secondary N) is 5. The monoisotopic (exact) mass is 1410 g/mol. The molecule has 4 aliphatic rings. The number of rotatable bonds is 46. The second-order valence-electron chi connectivity index (χ2n) is 23.5. The van der Waals surface area contributed by atoms with Crippen LogP contribution in [0.25, 0.3) is 0 Å². The molecular weight excluding hydrogens is 1310 g/mol. The fourth-order valence-corrected chi connectivity index (χ4v) is 10.4. The van der Waals surface area contributed by atoms with E-state index < -0.39 is 173 Å². The minimum absolute atomic E-state index is 0.0113. The molecule has 0 bridgehead atoms. The first-order valence-corrected chi connectivity index (χ1v) is 33.5. The average Bonchev–Trinajstić information content (AvgIpc) is 0.814. The van der Waals surface area contributed by atoms with Crippen LogP contribution in [0.5, 0.6) is 0 Å². The Morgan fingerprint density at radius 2 is 0.760 bits per heavy atom. The topological polar surface area (TPSA) is 536 Å². The minimum Gasteiger partial charge on any atom is -0.390 e. The molecule has 13 unspecified atom stereocenters. The highest BCUT2D eigenvalue weighted by Gasteiger charge is 2.48. The fraction of sp³-hybridized carbons (Fsp3) is 0.862. The average molecular weight is 1410 g/mol. The van der Waals surface area contributed by atoms with Crippen molar-refractivity contribution in [2.45, 2.75) is 210 Å². The van der Waals surface area contributed by atoms with Crippen LogP contribution >= 0.6 is 7.82 Å². The van der Waals surface area contributed by atoms with Gasteiger partial charge in [0.25, 0.3) is 0 Å². The summed E-state index contributed by atoms with van der Waals surface area (Å²) in [5.74, 6) is -6.71. The fourth-order valence-electron chi connectivity index (χ4n) is 9.96. The number of Topliss-reactive ketones (excluding diaryl/α,β-unsaturated/α-hetero) is 3. The molecular formula is C58H100N5O32P. The highest BCUT2D eigenvalue weighted by molar-refractivity contribution is 7.47. The van der Waals surface area contributed by atoms with Crippen LogP contribution in [0.1, 0.15) is 111 Å². The van der Waals surface area contributed by atoms with Gasteiger partial charge in [0.15, 0.2) is 50.3 Å². The molecule has 0 aromatic carbocycles. The van der Waals surface area contributed by atoms with E-state index in [0.29, 0.717) is 12.8 Å². The first kappa shape index (κ1) is 84.1. The van der Waals surface area contributed by atoms with Gasteiger partial charge in [-0.1, -0.05) is 27.7 Å². The molecule has 96 heavy (non-hydrogen) atoms. The van der Waals surface area contributed by atoms with Crippen molar-refractivity contribution in [2.75, 3.05) is 86.3 Å². The van der Waals surface area contributed by atoms with Crippen molar-refractivity contribution in [3.05, 3.63) is 0 Å². The molecule has 5 amide bonds. The lowest BCUT2D eigenvalue weighted by molar-refractivity contribution is -0.347. The van der Waals surface area contributed by atoms with E-state index in [4.69, 9.17) is 56.6 Å². The lowest BCUT2D eigenvalue weighted by Crippen LogP contribution is -2.57. The van der Waals surface area contributed by atoms with Gasteiger partial charge in [-0.2, -0.15) is 0 Å². The summed E-state index contributed by atoms with van der Waals surface area (Å²) in [6.45, 7) is 4.21. The second kappa shape index (κ2) is 44.0. The Balaban J connectivity index is 1.37. The zero-order valence-electron chi connectivity index (χ0n) is 54.6. The number of hydrogen-bond donors (Lipinski definition) is 15. The second-order valence-corrected chi connectivity index (χ2v) is 25.1. The van der Waals surface area contributed by atoms with Gasteiger partial charge in [-0.15, -0.1) is 0 Å². The predicted octanol–water partition coefficient (Wildman–Crippen LogP) is -4.66. The Labute approximate surface area is 555 Å². The van der Waals surface area contributed by atoms with Gasteiger partial charge in [0.1, 0.15) is 54.9 Å². The van der Waals surface area contributed by atoms with Gasteiger partial charge in [-0.05, 0) is 19.3 Å². The quantitative estimate of drug-likeness (QED) is 0.0118. The summed E-state index contributed by atoms with van der Waals surface area (Å²) < 4.78 is 83.6. The zero-order chi connectivity index (χ0) is 71.1. The van der Waals surface area contributed by atoms with Gasteiger partial charge in [-0.3, -0.25) is 47.4 Å². The third-order valence-corrected chi connectivity index (χ3v) is 16.9. The van der Waals surface area contributed by atoms with E-state index in [9.17, 15) is 93.8 Å². The van der Waals surface area contributed by atoms with Gasteiger partial charge in [0.2, 0.25) is 29.5 Å². The molecule has 37 nitrogen and oxygen atoms in total. The van der Waals surface area contributed by atoms with E-state index in [1.54, 1.807) is 13.8 Å². The zero-order valence-corrected chi connectivity index (χ0v) is 55.5. The van der Waals surface area contributed by atoms with Crippen molar-refractivity contribution in [2.24, 2.45) is 23.7 Å². The molecule has 0 spiro atoms. The number of aliphatic hydroxyl groups is 9. The van der Waals surface area contributed by atoms with E-state index in [1.165, 1.54) is 13.8 Å². The maximum absolute atomic E-state index is 13.2. The summed E-state index contributed by atoms with van der Waals surface area (Å²) in [6.07, 6.45) is -22.9. The van der Waals surface area contributed by atoms with E-state index >= 15 is 0 Å². The molecule has 4 fully saturated rings. The first-order valence-electron chi connectivity index (χ1n) is 32.0. The van der Waals surface area contributed by atoms with Crippen LogP contribution in [0.4, 0.5) is 0 Å². The van der Waals surface area contributed by atoms with Gasteiger partial charge in [-0.25, -0.2) is 4.57 Å². The molecule has 0 aromatic rings. The number of unbranched alkanes of at least 4 members (excludes halogenated alkanes) is 1. The van der Waals surface area contributed by atoms with E-state index in [-0.39, 0.29) is 154 Å². The molecule has 15 N–H and O–H groups in total. The number of hydrogen-bond acceptors (Lipinski definition) is 31. The molecule has 21 atom stereocenters. The maximum Gasteiger partial charge on any atom is 0.471 e. The molecule has 0 aromatic heterocycles.